The van der Waals surface area contributed by atoms with E-state index in [4.69, 9.17) is 9.15 Å². The Bertz CT molecular complexity index is 1060. The van der Waals surface area contributed by atoms with Crippen molar-refractivity contribution in [3.63, 3.8) is 0 Å². The molecule has 0 bridgehead atoms. The highest BCUT2D eigenvalue weighted by atomic mass is 16.5. The molecule has 162 valence electrons. The first kappa shape index (κ1) is 20.7. The van der Waals surface area contributed by atoms with E-state index in [1.165, 1.54) is 4.68 Å². The highest BCUT2D eigenvalue weighted by Gasteiger charge is 2.32. The smallest absolute Gasteiger partial charge is 0.263 e. The molecule has 1 saturated heterocycles. The van der Waals surface area contributed by atoms with Crippen LogP contribution in [0.2, 0.25) is 0 Å². The van der Waals surface area contributed by atoms with Crippen LogP contribution in [-0.2, 0) is 9.59 Å². The fraction of sp³-hybridized carbons (Fsp3) is 0.318. The van der Waals surface area contributed by atoms with Crippen LogP contribution in [0.3, 0.4) is 0 Å². The van der Waals surface area contributed by atoms with Crippen LogP contribution in [0.1, 0.15) is 25.7 Å². The number of aryl methyl sites for hydroxylation is 1. The molecule has 2 aromatic heterocycles. The average molecular weight is 423 g/mol. The van der Waals surface area contributed by atoms with Gasteiger partial charge in [-0.2, -0.15) is 5.10 Å². The molecule has 3 atom stereocenters. The molecule has 1 aliphatic heterocycles. The number of amides is 2. The molecule has 9 heteroatoms. The molecule has 1 fully saturated rings. The molecule has 4 rings (SSSR count). The molecule has 0 aliphatic carbocycles. The van der Waals surface area contributed by atoms with Gasteiger partial charge in [0.05, 0.1) is 12.2 Å². The van der Waals surface area contributed by atoms with Crippen molar-refractivity contribution in [3.05, 3.63) is 54.3 Å². The van der Waals surface area contributed by atoms with Gasteiger partial charge in [-0.15, -0.1) is 0 Å². The SMILES string of the molecule is Cc1ccc(OCC(=O)Nc2cc(-c3ccco3)nn2C2NC(=O)C(C)C(C)N2)cc1. The standard InChI is InChI=1S/C22H25N5O4/c1-13-6-8-16(9-7-13)31-12-20(28)24-19-11-17(18-5-4-10-30-18)26-27(19)22-23-15(3)14(2)21(29)25-22/h4-11,14-15,22-23H,12H2,1-3H3,(H,24,28)(H,25,29). The van der Waals surface area contributed by atoms with Crippen LogP contribution in [0, 0.1) is 12.8 Å². The summed E-state index contributed by atoms with van der Waals surface area (Å²) in [7, 11) is 0. The fourth-order valence-electron chi connectivity index (χ4n) is 3.25. The first-order valence-corrected chi connectivity index (χ1v) is 10.1. The lowest BCUT2D eigenvalue weighted by molar-refractivity contribution is -0.130. The number of carbonyl (C=O) groups is 2. The van der Waals surface area contributed by atoms with Gasteiger partial charge in [0, 0.05) is 12.1 Å². The molecule has 3 aromatic rings. The molecule has 1 aromatic carbocycles. The number of furan rings is 1. The van der Waals surface area contributed by atoms with E-state index in [1.807, 2.05) is 45.0 Å². The van der Waals surface area contributed by atoms with Crippen LogP contribution in [0.5, 0.6) is 5.75 Å². The van der Waals surface area contributed by atoms with E-state index < -0.39 is 6.29 Å². The van der Waals surface area contributed by atoms with Crippen LogP contribution in [0.4, 0.5) is 5.82 Å². The van der Waals surface area contributed by atoms with Gasteiger partial charge in [0.1, 0.15) is 17.3 Å². The lowest BCUT2D eigenvalue weighted by Crippen LogP contribution is -2.57. The van der Waals surface area contributed by atoms with Crippen molar-refractivity contribution in [2.24, 2.45) is 5.92 Å². The number of benzene rings is 1. The lowest BCUT2D eigenvalue weighted by Gasteiger charge is -2.34. The Morgan fingerprint density at radius 2 is 2.03 bits per heavy atom. The van der Waals surface area contributed by atoms with E-state index in [0.29, 0.717) is 23.0 Å². The fourth-order valence-corrected chi connectivity index (χ4v) is 3.25. The molecule has 0 radical (unpaired) electrons. The lowest BCUT2D eigenvalue weighted by atomic mass is 10.0. The first-order valence-electron chi connectivity index (χ1n) is 10.1. The molecular formula is C22H25N5O4. The summed E-state index contributed by atoms with van der Waals surface area (Å²) in [6, 6.07) is 12.6. The second kappa shape index (κ2) is 8.65. The predicted octanol–water partition coefficient (Wildman–Crippen LogP) is 2.67. The number of ether oxygens (including phenoxy) is 1. The number of anilines is 1. The highest BCUT2D eigenvalue weighted by Crippen LogP contribution is 2.25. The van der Waals surface area contributed by atoms with Gasteiger partial charge in [-0.25, -0.2) is 4.68 Å². The van der Waals surface area contributed by atoms with Gasteiger partial charge in [-0.1, -0.05) is 24.6 Å². The van der Waals surface area contributed by atoms with Crippen molar-refractivity contribution in [2.45, 2.75) is 33.1 Å². The van der Waals surface area contributed by atoms with Crippen molar-refractivity contribution in [1.29, 1.82) is 0 Å². The Balaban J connectivity index is 1.53. The van der Waals surface area contributed by atoms with Crippen molar-refractivity contribution in [1.82, 2.24) is 20.4 Å². The van der Waals surface area contributed by atoms with Gasteiger partial charge < -0.3 is 19.8 Å². The molecule has 3 heterocycles. The van der Waals surface area contributed by atoms with E-state index in [0.717, 1.165) is 5.56 Å². The van der Waals surface area contributed by atoms with Crippen molar-refractivity contribution in [3.8, 4) is 17.2 Å². The van der Waals surface area contributed by atoms with Crippen LogP contribution < -0.4 is 20.7 Å². The minimum Gasteiger partial charge on any atom is -0.484 e. The Hall–Kier alpha value is -3.59. The molecule has 1 aliphatic rings. The van der Waals surface area contributed by atoms with E-state index in [-0.39, 0.29) is 30.4 Å². The molecule has 3 unspecified atom stereocenters. The number of carbonyl (C=O) groups excluding carboxylic acids is 2. The minimum absolute atomic E-state index is 0.0663. The summed E-state index contributed by atoms with van der Waals surface area (Å²) in [5, 5.41) is 13.5. The number of hydrogen-bond acceptors (Lipinski definition) is 6. The van der Waals surface area contributed by atoms with Crippen LogP contribution in [0.15, 0.2) is 53.1 Å². The molecule has 9 nitrogen and oxygen atoms in total. The zero-order chi connectivity index (χ0) is 22.0. The number of nitrogens with zero attached hydrogens (tertiary/aromatic N) is 2. The molecule has 3 N–H and O–H groups in total. The number of nitrogens with one attached hydrogen (secondary N) is 3. The zero-order valence-electron chi connectivity index (χ0n) is 17.6. The van der Waals surface area contributed by atoms with Gasteiger partial charge in [0.25, 0.3) is 5.91 Å². The van der Waals surface area contributed by atoms with Crippen molar-refractivity contribution in [2.75, 3.05) is 11.9 Å². The van der Waals surface area contributed by atoms with Crippen LogP contribution >= 0.6 is 0 Å². The van der Waals surface area contributed by atoms with Gasteiger partial charge in [-0.05, 0) is 38.1 Å². The summed E-state index contributed by atoms with van der Waals surface area (Å²) < 4.78 is 12.5. The minimum atomic E-state index is -0.615. The Morgan fingerprint density at radius 3 is 2.71 bits per heavy atom. The van der Waals surface area contributed by atoms with Crippen molar-refractivity contribution >= 4 is 17.6 Å². The summed E-state index contributed by atoms with van der Waals surface area (Å²) in [6.07, 6.45) is 0.933. The van der Waals surface area contributed by atoms with E-state index in [1.54, 1.807) is 24.5 Å². The third kappa shape index (κ3) is 4.61. The topological polar surface area (TPSA) is 110 Å². The number of rotatable bonds is 6. The zero-order valence-corrected chi connectivity index (χ0v) is 17.6. The summed E-state index contributed by atoms with van der Waals surface area (Å²) in [6.45, 7) is 5.60. The molecule has 0 saturated carbocycles. The largest absolute Gasteiger partial charge is 0.484 e. The molecule has 2 amide bonds. The summed E-state index contributed by atoms with van der Waals surface area (Å²) in [5.41, 5.74) is 1.64. The predicted molar refractivity (Wildman–Crippen MR) is 114 cm³/mol. The van der Waals surface area contributed by atoms with E-state index >= 15 is 0 Å². The van der Waals surface area contributed by atoms with Gasteiger partial charge in [-0.3, -0.25) is 14.9 Å². The first-order chi connectivity index (χ1) is 14.9. The summed E-state index contributed by atoms with van der Waals surface area (Å²) in [5.74, 6) is 0.937. The van der Waals surface area contributed by atoms with Gasteiger partial charge in [0.15, 0.2) is 18.7 Å². The normalized spacial score (nSPS) is 20.9. The van der Waals surface area contributed by atoms with Crippen molar-refractivity contribution < 1.29 is 18.7 Å². The van der Waals surface area contributed by atoms with E-state index in [2.05, 4.69) is 21.0 Å². The maximum absolute atomic E-state index is 12.6. The summed E-state index contributed by atoms with van der Waals surface area (Å²) >= 11 is 0. The third-order valence-electron chi connectivity index (χ3n) is 5.28. The molecular weight excluding hydrogens is 398 g/mol. The van der Waals surface area contributed by atoms with Crippen LogP contribution in [-0.4, -0.2) is 34.2 Å². The second-order valence-corrected chi connectivity index (χ2v) is 7.64. The number of hydrogen-bond donors (Lipinski definition) is 3. The summed E-state index contributed by atoms with van der Waals surface area (Å²) in [4.78, 5) is 24.9. The second-order valence-electron chi connectivity index (χ2n) is 7.64. The van der Waals surface area contributed by atoms with Crippen LogP contribution in [0.25, 0.3) is 11.5 Å². The monoisotopic (exact) mass is 423 g/mol. The molecule has 31 heavy (non-hydrogen) atoms. The third-order valence-corrected chi connectivity index (χ3v) is 5.28. The van der Waals surface area contributed by atoms with Gasteiger partial charge in [0.2, 0.25) is 5.91 Å². The average Bonchev–Trinajstić information content (AvgIpc) is 3.41. The Morgan fingerprint density at radius 1 is 1.26 bits per heavy atom. The van der Waals surface area contributed by atoms with E-state index in [9.17, 15) is 9.59 Å². The highest BCUT2D eigenvalue weighted by molar-refractivity contribution is 5.91. The quantitative estimate of drug-likeness (QED) is 0.562. The molecule has 0 spiro atoms. The Kier molecular flexibility index (Phi) is 5.77. The maximum atomic E-state index is 12.6. The maximum Gasteiger partial charge on any atom is 0.263 e. The number of aromatic nitrogens is 2. The van der Waals surface area contributed by atoms with Gasteiger partial charge >= 0.3 is 0 Å². The Labute approximate surface area is 179 Å².